The average molecular weight is 165 g/mol. The molecule has 5 heteroatoms. The minimum absolute atomic E-state index is 0.141. The molecule has 0 aromatic carbocycles. The quantitative estimate of drug-likeness (QED) is 0.555. The minimum atomic E-state index is -2.83. The summed E-state index contributed by atoms with van der Waals surface area (Å²) in [5.41, 5.74) is -1.25. The van der Waals surface area contributed by atoms with Crippen molar-refractivity contribution in [3.8, 4) is 5.75 Å². The average Bonchev–Trinajstić information content (AvgIpc) is 1.97. The molecule has 0 unspecified atom stereocenters. The zero-order chi connectivity index (χ0) is 11.1. The summed E-state index contributed by atoms with van der Waals surface area (Å²) in [5.74, 6) is -1.04. The fraction of sp³-hybridized carbons (Fsp3) is 0.200. The van der Waals surface area contributed by atoms with Crippen LogP contribution in [0, 0.1) is 0 Å². The third-order valence-corrected chi connectivity index (χ3v) is 1.10. The van der Waals surface area contributed by atoms with Crippen LogP contribution in [0.25, 0.3) is 0 Å². The van der Waals surface area contributed by atoms with E-state index in [9.17, 15) is 4.79 Å². The topological polar surface area (TPSA) is 55.1 Å². The summed E-state index contributed by atoms with van der Waals surface area (Å²) in [4.78, 5) is 14.4. The standard InChI is InChI=1S/C5H5ClN2O2/c1-8-4(10)3(9)2-7-5(8)6/h2,9H,1H3/i1D3,2D. The number of halogens is 1. The summed E-state index contributed by atoms with van der Waals surface area (Å²) in [5, 5.41) is 8.33. The van der Waals surface area contributed by atoms with Gasteiger partial charge in [0.05, 0.1) is 7.54 Å². The zero-order valence-electron chi connectivity index (χ0n) is 8.63. The van der Waals surface area contributed by atoms with Crippen molar-refractivity contribution in [2.75, 3.05) is 0 Å². The first-order chi connectivity index (χ1) is 6.25. The third-order valence-electron chi connectivity index (χ3n) is 0.844. The van der Waals surface area contributed by atoms with Crippen molar-refractivity contribution < 1.29 is 10.6 Å². The van der Waals surface area contributed by atoms with E-state index < -0.39 is 29.7 Å². The fourth-order valence-electron chi connectivity index (χ4n) is 0.387. The molecular formula is C5H5ClN2O2. The Kier molecular flexibility index (Phi) is 0.780. The number of hydrogen-bond donors (Lipinski definition) is 1. The van der Waals surface area contributed by atoms with E-state index in [0.717, 1.165) is 0 Å². The molecule has 1 aromatic rings. The van der Waals surface area contributed by atoms with E-state index in [0.29, 0.717) is 0 Å². The number of aromatic nitrogens is 2. The van der Waals surface area contributed by atoms with Gasteiger partial charge in [0.25, 0.3) is 5.56 Å². The highest BCUT2D eigenvalue weighted by atomic mass is 35.5. The van der Waals surface area contributed by atoms with Crippen molar-refractivity contribution in [3.05, 3.63) is 21.8 Å². The monoisotopic (exact) mass is 164 g/mol. The molecule has 1 rings (SSSR count). The number of hydrogen-bond acceptors (Lipinski definition) is 3. The predicted octanol–water partition coefficient (Wildman–Crippen LogP) is 0.139. The molecule has 0 spiro atoms. The van der Waals surface area contributed by atoms with Gasteiger partial charge in [0.1, 0.15) is 0 Å². The summed E-state index contributed by atoms with van der Waals surface area (Å²) in [6.07, 6.45) is -0.750. The Balaban J connectivity index is 3.62. The zero-order valence-corrected chi connectivity index (χ0v) is 5.38. The van der Waals surface area contributed by atoms with Gasteiger partial charge in [-0.25, -0.2) is 4.98 Å². The van der Waals surface area contributed by atoms with Crippen LogP contribution in [0.4, 0.5) is 0 Å². The molecule has 0 aliphatic rings. The Morgan fingerprint density at radius 3 is 3.40 bits per heavy atom. The first kappa shape index (κ1) is 3.39. The summed E-state index contributed by atoms with van der Waals surface area (Å²) in [7, 11) is 0. The Morgan fingerprint density at radius 1 is 2.10 bits per heavy atom. The van der Waals surface area contributed by atoms with Crippen molar-refractivity contribution in [2.45, 2.75) is 0 Å². The second-order valence-electron chi connectivity index (χ2n) is 1.48. The molecule has 0 saturated heterocycles. The fourth-order valence-corrected chi connectivity index (χ4v) is 0.506. The maximum absolute atomic E-state index is 11.2. The van der Waals surface area contributed by atoms with Gasteiger partial charge in [0, 0.05) is 11.1 Å². The molecule has 0 fully saturated rings. The lowest BCUT2D eigenvalue weighted by Crippen LogP contribution is -2.17. The minimum Gasteiger partial charge on any atom is -0.502 e. The van der Waals surface area contributed by atoms with Crippen LogP contribution in [0.1, 0.15) is 5.48 Å². The van der Waals surface area contributed by atoms with Crippen molar-refractivity contribution in [1.82, 2.24) is 9.55 Å². The van der Waals surface area contributed by atoms with Crippen LogP contribution >= 0.6 is 11.6 Å². The molecule has 0 aliphatic carbocycles. The maximum atomic E-state index is 11.2. The van der Waals surface area contributed by atoms with Crippen molar-refractivity contribution in [1.29, 1.82) is 0 Å². The molecule has 0 bridgehead atoms. The normalized spacial score (nSPS) is 16.9. The largest absolute Gasteiger partial charge is 0.502 e. The second-order valence-corrected chi connectivity index (χ2v) is 1.82. The van der Waals surface area contributed by atoms with Gasteiger partial charge in [0.15, 0.2) is 0 Å². The lowest BCUT2D eigenvalue weighted by molar-refractivity contribution is 0.457. The van der Waals surface area contributed by atoms with E-state index in [1.165, 1.54) is 0 Å². The summed E-state index contributed by atoms with van der Waals surface area (Å²) in [6, 6.07) is 0. The van der Waals surface area contributed by atoms with Crippen LogP contribution in [0.3, 0.4) is 0 Å². The highest BCUT2D eigenvalue weighted by Gasteiger charge is 2.01. The molecule has 4 nitrogen and oxygen atoms in total. The van der Waals surface area contributed by atoms with Gasteiger partial charge in [-0.1, -0.05) is 0 Å². The Hall–Kier alpha value is -1.03. The van der Waals surface area contributed by atoms with Gasteiger partial charge in [0.2, 0.25) is 11.0 Å². The molecule has 0 amide bonds. The van der Waals surface area contributed by atoms with Crippen LogP contribution in [0.15, 0.2) is 11.0 Å². The van der Waals surface area contributed by atoms with Gasteiger partial charge in [-0.2, -0.15) is 0 Å². The van der Waals surface area contributed by atoms with E-state index in [-0.39, 0.29) is 4.57 Å². The van der Waals surface area contributed by atoms with Gasteiger partial charge in [-0.3, -0.25) is 9.36 Å². The van der Waals surface area contributed by atoms with Gasteiger partial charge in [-0.05, 0) is 11.6 Å². The second kappa shape index (κ2) is 2.30. The van der Waals surface area contributed by atoms with Crippen LogP contribution in [0.2, 0.25) is 5.28 Å². The van der Waals surface area contributed by atoms with E-state index in [2.05, 4.69) is 4.98 Å². The van der Waals surface area contributed by atoms with Crippen molar-refractivity contribution >= 4 is 11.6 Å². The number of aromatic hydroxyl groups is 1. The van der Waals surface area contributed by atoms with Gasteiger partial charge < -0.3 is 5.11 Å². The molecular weight excluding hydrogens is 156 g/mol. The van der Waals surface area contributed by atoms with Crippen molar-refractivity contribution in [3.63, 3.8) is 0 Å². The van der Waals surface area contributed by atoms with E-state index in [1.807, 2.05) is 0 Å². The van der Waals surface area contributed by atoms with Crippen LogP contribution in [0.5, 0.6) is 5.75 Å². The van der Waals surface area contributed by atoms with Gasteiger partial charge >= 0.3 is 0 Å². The predicted molar refractivity (Wildman–Crippen MR) is 36.2 cm³/mol. The van der Waals surface area contributed by atoms with Gasteiger partial charge in [-0.15, -0.1) is 0 Å². The lowest BCUT2D eigenvalue weighted by Gasteiger charge is -1.97. The molecule has 1 heterocycles. The summed E-state index contributed by atoms with van der Waals surface area (Å²) < 4.78 is 27.9. The van der Waals surface area contributed by atoms with Crippen LogP contribution in [-0.4, -0.2) is 14.7 Å². The molecule has 0 aliphatic heterocycles. The third kappa shape index (κ3) is 0.974. The molecule has 0 radical (unpaired) electrons. The summed E-state index contributed by atoms with van der Waals surface area (Å²) >= 11 is 5.35. The first-order valence-corrected chi connectivity index (χ1v) is 2.61. The highest BCUT2D eigenvalue weighted by Crippen LogP contribution is 2.02. The van der Waals surface area contributed by atoms with E-state index >= 15 is 0 Å². The molecule has 0 atom stereocenters. The van der Waals surface area contributed by atoms with Crippen LogP contribution < -0.4 is 5.56 Å². The van der Waals surface area contributed by atoms with Crippen molar-refractivity contribution in [2.24, 2.45) is 6.98 Å². The van der Waals surface area contributed by atoms with E-state index in [1.54, 1.807) is 0 Å². The highest BCUT2D eigenvalue weighted by molar-refractivity contribution is 6.28. The maximum Gasteiger partial charge on any atom is 0.296 e. The SMILES string of the molecule is [2H]c1nc(Cl)n(C([2H])([2H])[2H])c(=O)c1O. The summed E-state index contributed by atoms with van der Waals surface area (Å²) in [6.45, 7) is -2.83. The van der Waals surface area contributed by atoms with Crippen LogP contribution in [-0.2, 0) is 6.98 Å². The molecule has 54 valence electrons. The Labute approximate surface area is 67.3 Å². The number of rotatable bonds is 0. The molecule has 0 saturated carbocycles. The number of nitrogens with zero attached hydrogens (tertiary/aromatic N) is 2. The molecule has 1 aromatic heterocycles. The molecule has 10 heavy (non-hydrogen) atoms. The van der Waals surface area contributed by atoms with E-state index in [4.69, 9.17) is 22.2 Å². The molecule has 1 N–H and O–H groups in total. The smallest absolute Gasteiger partial charge is 0.296 e. The Bertz CT molecular complexity index is 427. The first-order valence-electron chi connectivity index (χ1n) is 4.23. The lowest BCUT2D eigenvalue weighted by atomic mass is 10.6. The Morgan fingerprint density at radius 2 is 2.80 bits per heavy atom.